The van der Waals surface area contributed by atoms with Gasteiger partial charge < -0.3 is 4.57 Å². The second-order valence-corrected chi connectivity index (χ2v) is 7.12. The first kappa shape index (κ1) is 17.9. The fourth-order valence-electron chi connectivity index (χ4n) is 3.50. The summed E-state index contributed by atoms with van der Waals surface area (Å²) in [6.45, 7) is 6.92. The molecule has 0 bridgehead atoms. The van der Waals surface area contributed by atoms with Gasteiger partial charge in [-0.05, 0) is 33.4 Å². The van der Waals surface area contributed by atoms with Gasteiger partial charge >= 0.3 is 0 Å². The van der Waals surface area contributed by atoms with Crippen LogP contribution in [0.15, 0.2) is 30.9 Å². The third kappa shape index (κ3) is 4.61. The Labute approximate surface area is 148 Å². The van der Waals surface area contributed by atoms with Crippen molar-refractivity contribution in [3.05, 3.63) is 42.5 Å². The van der Waals surface area contributed by atoms with Gasteiger partial charge in [-0.1, -0.05) is 0 Å². The van der Waals surface area contributed by atoms with E-state index in [4.69, 9.17) is 0 Å². The molecule has 3 rings (SSSR count). The predicted molar refractivity (Wildman–Crippen MR) is 94.7 cm³/mol. The largest absolute Gasteiger partial charge is 0.331 e. The van der Waals surface area contributed by atoms with Crippen LogP contribution in [0, 0.1) is 0 Å². The molecule has 25 heavy (non-hydrogen) atoms. The zero-order valence-electron chi connectivity index (χ0n) is 15.2. The van der Waals surface area contributed by atoms with E-state index in [1.165, 1.54) is 0 Å². The minimum atomic E-state index is -0.778. The molecule has 0 unspecified atom stereocenters. The first-order valence-electron chi connectivity index (χ1n) is 8.87. The van der Waals surface area contributed by atoms with E-state index in [-0.39, 0.29) is 6.04 Å². The zero-order valence-corrected chi connectivity index (χ0v) is 15.2. The minimum absolute atomic E-state index is 0.172. The third-order valence-electron chi connectivity index (χ3n) is 4.68. The maximum absolute atomic E-state index is 14.0. The van der Waals surface area contributed by atoms with Crippen molar-refractivity contribution < 1.29 is 4.39 Å². The molecule has 2 atom stereocenters. The summed E-state index contributed by atoms with van der Waals surface area (Å²) in [4.78, 5) is 17.4. The number of halogens is 1. The summed E-state index contributed by atoms with van der Waals surface area (Å²) in [5, 5.41) is 0. The first-order valence-corrected chi connectivity index (χ1v) is 8.87. The lowest BCUT2D eigenvalue weighted by molar-refractivity contribution is 0.174. The van der Waals surface area contributed by atoms with Crippen LogP contribution in [0.5, 0.6) is 0 Å². The Morgan fingerprint density at radius 2 is 2.00 bits per heavy atom. The molecule has 0 N–H and O–H groups in total. The fraction of sp³-hybridized carbons (Fsp3) is 0.611. The van der Waals surface area contributed by atoms with Crippen LogP contribution in [0.1, 0.15) is 38.0 Å². The average Bonchev–Trinajstić information content (AvgIpc) is 3.15. The quantitative estimate of drug-likeness (QED) is 0.770. The highest BCUT2D eigenvalue weighted by Gasteiger charge is 2.33. The molecule has 7 heteroatoms. The molecule has 1 aliphatic rings. The number of imidazole rings is 1. The molecule has 6 nitrogen and oxygen atoms in total. The number of nitrogens with zero attached hydrogens (tertiary/aromatic N) is 6. The molecule has 0 spiro atoms. The van der Waals surface area contributed by atoms with Crippen LogP contribution in [0.2, 0.25) is 0 Å². The molecule has 2 aromatic heterocycles. The number of hydrogen-bond donors (Lipinski definition) is 0. The van der Waals surface area contributed by atoms with Crippen LogP contribution in [0.3, 0.4) is 0 Å². The molecular weight excluding hydrogens is 319 g/mol. The molecule has 0 amide bonds. The zero-order chi connectivity index (χ0) is 17.8. The lowest BCUT2D eigenvalue weighted by Gasteiger charge is -2.28. The molecule has 1 saturated heterocycles. The van der Waals surface area contributed by atoms with Gasteiger partial charge in [0.15, 0.2) is 0 Å². The number of rotatable bonds is 7. The van der Waals surface area contributed by atoms with Crippen LogP contribution >= 0.6 is 0 Å². The highest BCUT2D eigenvalue weighted by atomic mass is 19.1. The van der Waals surface area contributed by atoms with Gasteiger partial charge in [0.1, 0.15) is 17.8 Å². The van der Waals surface area contributed by atoms with Crippen LogP contribution in [-0.2, 0) is 13.1 Å². The molecule has 1 fully saturated rings. The lowest BCUT2D eigenvalue weighted by Crippen LogP contribution is -2.39. The minimum Gasteiger partial charge on any atom is -0.331 e. The Kier molecular flexibility index (Phi) is 5.75. The van der Waals surface area contributed by atoms with Crippen LogP contribution in [-0.4, -0.2) is 61.7 Å². The SMILES string of the molecule is CC(C)n1ccnc1CN(C)C[C@@H]1C[C@H](F)CN1Cc1ncccn1. The summed E-state index contributed by atoms with van der Waals surface area (Å²) in [5.41, 5.74) is 0. The maximum Gasteiger partial charge on any atom is 0.142 e. The van der Waals surface area contributed by atoms with Crippen LogP contribution in [0.4, 0.5) is 4.39 Å². The smallest absolute Gasteiger partial charge is 0.142 e. The highest BCUT2D eigenvalue weighted by Crippen LogP contribution is 2.23. The second kappa shape index (κ2) is 8.01. The van der Waals surface area contributed by atoms with E-state index in [1.54, 1.807) is 18.5 Å². The van der Waals surface area contributed by atoms with Crippen molar-refractivity contribution in [3.8, 4) is 0 Å². The number of likely N-dealkylation sites (N-methyl/N-ethyl adjacent to an activating group) is 1. The average molecular weight is 346 g/mol. The van der Waals surface area contributed by atoms with Gasteiger partial charge in [0, 0.05) is 50.0 Å². The third-order valence-corrected chi connectivity index (χ3v) is 4.68. The van der Waals surface area contributed by atoms with E-state index in [0.29, 0.717) is 25.6 Å². The van der Waals surface area contributed by atoms with Gasteiger partial charge in [0.05, 0.1) is 13.1 Å². The Morgan fingerprint density at radius 3 is 2.72 bits per heavy atom. The van der Waals surface area contributed by atoms with Gasteiger partial charge in [0.25, 0.3) is 0 Å². The Hall–Kier alpha value is -1.86. The van der Waals surface area contributed by atoms with Gasteiger partial charge in [-0.15, -0.1) is 0 Å². The summed E-state index contributed by atoms with van der Waals surface area (Å²) in [7, 11) is 2.07. The fourth-order valence-corrected chi connectivity index (χ4v) is 3.50. The molecular formula is C18H27FN6. The molecule has 3 heterocycles. The van der Waals surface area contributed by atoms with Crippen molar-refractivity contribution >= 4 is 0 Å². The summed E-state index contributed by atoms with van der Waals surface area (Å²) in [6, 6.07) is 2.36. The number of alkyl halides is 1. The van der Waals surface area contributed by atoms with Crippen molar-refractivity contribution in [3.63, 3.8) is 0 Å². The molecule has 0 aromatic carbocycles. The molecule has 136 valence electrons. The van der Waals surface area contributed by atoms with Gasteiger partial charge in [0.2, 0.25) is 0 Å². The first-order chi connectivity index (χ1) is 12.0. The Balaban J connectivity index is 1.60. The van der Waals surface area contributed by atoms with Crippen molar-refractivity contribution in [1.82, 2.24) is 29.3 Å². The van der Waals surface area contributed by atoms with Crippen molar-refractivity contribution in [2.75, 3.05) is 20.1 Å². The summed E-state index contributed by atoms with van der Waals surface area (Å²) < 4.78 is 16.2. The molecule has 2 aromatic rings. The van der Waals surface area contributed by atoms with E-state index in [9.17, 15) is 4.39 Å². The summed E-state index contributed by atoms with van der Waals surface area (Å²) in [6.07, 6.45) is 7.11. The monoisotopic (exact) mass is 346 g/mol. The molecule has 0 radical (unpaired) electrons. The second-order valence-electron chi connectivity index (χ2n) is 7.12. The van der Waals surface area contributed by atoms with E-state index >= 15 is 0 Å². The highest BCUT2D eigenvalue weighted by molar-refractivity contribution is 4.96. The molecule has 1 aliphatic heterocycles. The normalized spacial score (nSPS) is 21.5. The number of likely N-dealkylation sites (tertiary alicyclic amines) is 1. The van der Waals surface area contributed by atoms with Crippen molar-refractivity contribution in [2.45, 2.75) is 51.6 Å². The van der Waals surface area contributed by atoms with Crippen molar-refractivity contribution in [2.24, 2.45) is 0 Å². The summed E-state index contributed by atoms with van der Waals surface area (Å²) >= 11 is 0. The van der Waals surface area contributed by atoms with E-state index in [1.807, 2.05) is 12.4 Å². The standard InChI is InChI=1S/C18H27FN6/c1-14(2)25-8-7-22-18(25)13-23(3)11-16-9-15(19)10-24(16)12-17-20-5-4-6-21-17/h4-8,14-16H,9-13H2,1-3H3/t15-,16-/m0/s1. The summed E-state index contributed by atoms with van der Waals surface area (Å²) in [5.74, 6) is 1.80. The van der Waals surface area contributed by atoms with Gasteiger partial charge in [-0.25, -0.2) is 19.3 Å². The Bertz CT molecular complexity index is 659. The lowest BCUT2D eigenvalue weighted by atomic mass is 10.2. The number of hydrogen-bond acceptors (Lipinski definition) is 5. The molecule has 0 saturated carbocycles. The Morgan fingerprint density at radius 1 is 1.24 bits per heavy atom. The van der Waals surface area contributed by atoms with Gasteiger partial charge in [-0.3, -0.25) is 9.80 Å². The van der Waals surface area contributed by atoms with E-state index < -0.39 is 6.17 Å². The number of aromatic nitrogens is 4. The van der Waals surface area contributed by atoms with E-state index in [2.05, 4.69) is 50.2 Å². The topological polar surface area (TPSA) is 50.1 Å². The van der Waals surface area contributed by atoms with Crippen LogP contribution in [0.25, 0.3) is 0 Å². The maximum atomic E-state index is 14.0. The van der Waals surface area contributed by atoms with Crippen molar-refractivity contribution in [1.29, 1.82) is 0 Å². The molecule has 0 aliphatic carbocycles. The van der Waals surface area contributed by atoms with Gasteiger partial charge in [-0.2, -0.15) is 0 Å². The predicted octanol–water partition coefficient (Wildman–Crippen LogP) is 2.30. The van der Waals surface area contributed by atoms with E-state index in [0.717, 1.165) is 24.7 Å². The van der Waals surface area contributed by atoms with Crippen LogP contribution < -0.4 is 0 Å².